The van der Waals surface area contributed by atoms with E-state index in [2.05, 4.69) is 5.48 Å². The van der Waals surface area contributed by atoms with Crippen LogP contribution >= 0.6 is 0 Å². The van der Waals surface area contributed by atoms with E-state index in [1.807, 2.05) is 12.1 Å². The second kappa shape index (κ2) is 6.19. The van der Waals surface area contributed by atoms with Gasteiger partial charge in [0, 0.05) is 6.54 Å². The average Bonchev–Trinajstić information content (AvgIpc) is 2.34. The summed E-state index contributed by atoms with van der Waals surface area (Å²) in [6.45, 7) is 0.563. The first kappa shape index (κ1) is 12.6. The monoisotopic (exact) mass is 227 g/mol. The second-order valence-electron chi connectivity index (χ2n) is 3.06. The zero-order valence-electron chi connectivity index (χ0n) is 9.99. The van der Waals surface area contributed by atoms with E-state index in [0.29, 0.717) is 23.8 Å². The Balaban J connectivity index is 3.05. The molecule has 5 heteroatoms. The fourth-order valence-corrected chi connectivity index (χ4v) is 1.39. The van der Waals surface area contributed by atoms with Crippen LogP contribution in [-0.4, -0.2) is 28.4 Å². The number of ether oxygens (including phenoxy) is 3. The molecule has 0 amide bonds. The minimum absolute atomic E-state index is 0.563. The predicted molar refractivity (Wildman–Crippen MR) is 59.9 cm³/mol. The number of hydrogen-bond acceptors (Lipinski definition) is 5. The van der Waals surface area contributed by atoms with Crippen molar-refractivity contribution in [3.05, 3.63) is 17.7 Å². The number of rotatable bonds is 6. The molecule has 0 saturated heterocycles. The molecule has 1 aromatic rings. The van der Waals surface area contributed by atoms with Crippen LogP contribution < -0.4 is 19.7 Å². The van der Waals surface area contributed by atoms with E-state index in [0.717, 1.165) is 5.56 Å². The molecular formula is C11H17NO4. The molecule has 0 aliphatic heterocycles. The summed E-state index contributed by atoms with van der Waals surface area (Å²) in [6, 6.07) is 3.74. The van der Waals surface area contributed by atoms with Crippen LogP contribution in [0.2, 0.25) is 0 Å². The van der Waals surface area contributed by atoms with Crippen LogP contribution in [0.5, 0.6) is 17.2 Å². The average molecular weight is 227 g/mol. The lowest BCUT2D eigenvalue weighted by atomic mass is 10.2. The molecule has 0 aliphatic carbocycles. The van der Waals surface area contributed by atoms with Gasteiger partial charge in [0.15, 0.2) is 11.5 Å². The van der Waals surface area contributed by atoms with Crippen molar-refractivity contribution in [3.8, 4) is 17.2 Å². The maximum Gasteiger partial charge on any atom is 0.203 e. The molecule has 0 radical (unpaired) electrons. The Morgan fingerprint density at radius 3 is 1.88 bits per heavy atom. The highest BCUT2D eigenvalue weighted by atomic mass is 16.6. The predicted octanol–water partition coefficient (Wildman–Crippen LogP) is 1.36. The van der Waals surface area contributed by atoms with Crippen LogP contribution in [0.15, 0.2) is 12.1 Å². The molecule has 0 saturated carbocycles. The minimum atomic E-state index is 0.563. The third-order valence-electron chi connectivity index (χ3n) is 2.15. The van der Waals surface area contributed by atoms with Crippen molar-refractivity contribution in [2.24, 2.45) is 0 Å². The molecule has 16 heavy (non-hydrogen) atoms. The molecule has 0 heterocycles. The van der Waals surface area contributed by atoms with Gasteiger partial charge >= 0.3 is 0 Å². The lowest BCUT2D eigenvalue weighted by Crippen LogP contribution is -2.11. The quantitative estimate of drug-likeness (QED) is 0.744. The van der Waals surface area contributed by atoms with Crippen molar-refractivity contribution in [1.29, 1.82) is 0 Å². The molecule has 0 fully saturated rings. The number of benzene rings is 1. The zero-order chi connectivity index (χ0) is 12.0. The number of hydrogen-bond donors (Lipinski definition) is 1. The largest absolute Gasteiger partial charge is 0.493 e. The molecule has 0 aliphatic rings. The second-order valence-corrected chi connectivity index (χ2v) is 3.06. The molecule has 5 nitrogen and oxygen atoms in total. The molecule has 0 atom stereocenters. The molecule has 0 bridgehead atoms. The van der Waals surface area contributed by atoms with E-state index in [9.17, 15) is 0 Å². The normalized spacial score (nSPS) is 10.0. The minimum Gasteiger partial charge on any atom is -0.493 e. The van der Waals surface area contributed by atoms with Crippen molar-refractivity contribution in [3.63, 3.8) is 0 Å². The summed E-state index contributed by atoms with van der Waals surface area (Å²) >= 11 is 0. The van der Waals surface area contributed by atoms with Crippen LogP contribution in [0, 0.1) is 0 Å². The first-order valence-corrected chi connectivity index (χ1v) is 4.81. The molecule has 90 valence electrons. The van der Waals surface area contributed by atoms with Crippen LogP contribution in [-0.2, 0) is 11.4 Å². The third-order valence-corrected chi connectivity index (χ3v) is 2.15. The van der Waals surface area contributed by atoms with E-state index >= 15 is 0 Å². The summed E-state index contributed by atoms with van der Waals surface area (Å²) in [4.78, 5) is 4.79. The van der Waals surface area contributed by atoms with Crippen molar-refractivity contribution in [2.45, 2.75) is 6.54 Å². The summed E-state index contributed by atoms with van der Waals surface area (Å²) < 4.78 is 15.7. The fourth-order valence-electron chi connectivity index (χ4n) is 1.39. The van der Waals surface area contributed by atoms with Gasteiger partial charge in [-0.25, -0.2) is 0 Å². The SMILES string of the molecule is CONCc1cc(OC)c(OC)c(OC)c1. The molecule has 0 aromatic heterocycles. The van der Waals surface area contributed by atoms with Gasteiger partial charge in [-0.2, -0.15) is 5.48 Å². The van der Waals surface area contributed by atoms with Crippen LogP contribution in [0.4, 0.5) is 0 Å². The molecule has 1 N–H and O–H groups in total. The third kappa shape index (κ3) is 2.77. The summed E-state index contributed by atoms with van der Waals surface area (Å²) in [5, 5.41) is 0. The smallest absolute Gasteiger partial charge is 0.203 e. The first-order valence-electron chi connectivity index (χ1n) is 4.81. The maximum atomic E-state index is 5.23. The van der Waals surface area contributed by atoms with Gasteiger partial charge in [-0.05, 0) is 17.7 Å². The van der Waals surface area contributed by atoms with E-state index in [4.69, 9.17) is 19.0 Å². The van der Waals surface area contributed by atoms with Gasteiger partial charge in [0.2, 0.25) is 5.75 Å². The Hall–Kier alpha value is -1.46. The van der Waals surface area contributed by atoms with Crippen LogP contribution in [0.25, 0.3) is 0 Å². The Morgan fingerprint density at radius 2 is 1.50 bits per heavy atom. The Morgan fingerprint density at radius 1 is 0.938 bits per heavy atom. The summed E-state index contributed by atoms with van der Waals surface area (Å²) in [5.74, 6) is 1.86. The van der Waals surface area contributed by atoms with E-state index in [-0.39, 0.29) is 0 Å². The van der Waals surface area contributed by atoms with Gasteiger partial charge in [0.25, 0.3) is 0 Å². The van der Waals surface area contributed by atoms with Crippen molar-refractivity contribution in [2.75, 3.05) is 28.4 Å². The van der Waals surface area contributed by atoms with Gasteiger partial charge in [0.1, 0.15) is 0 Å². The van der Waals surface area contributed by atoms with Gasteiger partial charge in [0.05, 0.1) is 28.4 Å². The fraction of sp³-hybridized carbons (Fsp3) is 0.455. The molecule has 0 spiro atoms. The van der Waals surface area contributed by atoms with E-state index < -0.39 is 0 Å². The lowest BCUT2D eigenvalue weighted by molar-refractivity contribution is 0.0866. The van der Waals surface area contributed by atoms with Gasteiger partial charge in [-0.15, -0.1) is 0 Å². The standard InChI is InChI=1S/C11H17NO4/c1-13-9-5-8(7-12-16-4)6-10(14-2)11(9)15-3/h5-6,12H,7H2,1-4H3. The van der Waals surface area contributed by atoms with E-state index in [1.54, 1.807) is 28.4 Å². The molecule has 1 rings (SSSR count). The van der Waals surface area contributed by atoms with Gasteiger partial charge < -0.3 is 19.0 Å². The van der Waals surface area contributed by atoms with Gasteiger partial charge in [-0.1, -0.05) is 0 Å². The Bertz CT molecular complexity index is 316. The van der Waals surface area contributed by atoms with Crippen LogP contribution in [0.3, 0.4) is 0 Å². The number of hydroxylamine groups is 1. The summed E-state index contributed by atoms with van der Waals surface area (Å²) in [6.07, 6.45) is 0. The van der Waals surface area contributed by atoms with Crippen molar-refractivity contribution < 1.29 is 19.0 Å². The van der Waals surface area contributed by atoms with Crippen LogP contribution in [0.1, 0.15) is 5.56 Å². The highest BCUT2D eigenvalue weighted by Gasteiger charge is 2.12. The zero-order valence-corrected chi connectivity index (χ0v) is 9.99. The molecular weight excluding hydrogens is 210 g/mol. The summed E-state index contributed by atoms with van der Waals surface area (Å²) in [5.41, 5.74) is 3.74. The highest BCUT2D eigenvalue weighted by molar-refractivity contribution is 5.53. The van der Waals surface area contributed by atoms with E-state index in [1.165, 1.54) is 0 Å². The Labute approximate surface area is 95.2 Å². The molecule has 1 aromatic carbocycles. The maximum absolute atomic E-state index is 5.23. The number of nitrogens with one attached hydrogen (secondary N) is 1. The summed E-state index contributed by atoms with van der Waals surface area (Å²) in [7, 11) is 6.32. The molecule has 0 unspecified atom stereocenters. The highest BCUT2D eigenvalue weighted by Crippen LogP contribution is 2.38. The Kier molecular flexibility index (Phi) is 4.88. The first-order chi connectivity index (χ1) is 7.76. The van der Waals surface area contributed by atoms with Crippen molar-refractivity contribution >= 4 is 0 Å². The number of methoxy groups -OCH3 is 3. The topological polar surface area (TPSA) is 49.0 Å². The lowest BCUT2D eigenvalue weighted by Gasteiger charge is -2.14. The van der Waals surface area contributed by atoms with Gasteiger partial charge in [-0.3, -0.25) is 0 Å². The van der Waals surface area contributed by atoms with Crippen molar-refractivity contribution in [1.82, 2.24) is 5.48 Å².